The van der Waals surface area contributed by atoms with Crippen LogP contribution in [0.4, 0.5) is 8.78 Å². The van der Waals surface area contributed by atoms with Crippen molar-refractivity contribution in [3.8, 4) is 0 Å². The minimum absolute atomic E-state index is 0.0754. The largest absolute Gasteiger partial charge is 0.449 e. The lowest BCUT2D eigenvalue weighted by Crippen LogP contribution is -2.46. The van der Waals surface area contributed by atoms with Gasteiger partial charge in [0.05, 0.1) is 12.2 Å². The van der Waals surface area contributed by atoms with E-state index in [1.807, 2.05) is 0 Å². The first kappa shape index (κ1) is 15.5. The van der Waals surface area contributed by atoms with Crippen molar-refractivity contribution in [1.29, 1.82) is 0 Å². The van der Waals surface area contributed by atoms with Crippen molar-refractivity contribution >= 4 is 5.97 Å². The van der Waals surface area contributed by atoms with Gasteiger partial charge in [0.25, 0.3) is 5.92 Å². The van der Waals surface area contributed by atoms with E-state index >= 15 is 0 Å². The third-order valence-corrected chi connectivity index (χ3v) is 2.40. The molecule has 1 unspecified atom stereocenters. The van der Waals surface area contributed by atoms with Crippen molar-refractivity contribution in [2.75, 3.05) is 6.61 Å². The van der Waals surface area contributed by atoms with Crippen molar-refractivity contribution in [1.82, 2.24) is 0 Å². The molecular formula is C12H14F2O5. The Hall–Kier alpha value is -1.57. The van der Waals surface area contributed by atoms with E-state index < -0.39 is 30.7 Å². The van der Waals surface area contributed by atoms with Crippen LogP contribution in [0.15, 0.2) is 30.3 Å². The fourth-order valence-electron chi connectivity index (χ4n) is 1.45. The monoisotopic (exact) mass is 276 g/mol. The van der Waals surface area contributed by atoms with Crippen molar-refractivity contribution in [2.24, 2.45) is 0 Å². The maximum Gasteiger partial charge on any atom is 0.338 e. The van der Waals surface area contributed by atoms with Gasteiger partial charge in [-0.25, -0.2) is 18.5 Å². The van der Waals surface area contributed by atoms with Crippen LogP contribution in [0.25, 0.3) is 0 Å². The summed E-state index contributed by atoms with van der Waals surface area (Å²) in [5, 5.41) is 17.3. The first-order valence-electron chi connectivity index (χ1n) is 5.45. The lowest BCUT2D eigenvalue weighted by Gasteiger charge is -2.27. The van der Waals surface area contributed by atoms with Crippen LogP contribution in [-0.2, 0) is 9.62 Å². The first-order chi connectivity index (χ1) is 8.90. The molecule has 0 fully saturated rings. The molecule has 5 nitrogen and oxygen atoms in total. The minimum Gasteiger partial charge on any atom is -0.449 e. The molecule has 0 bridgehead atoms. The summed E-state index contributed by atoms with van der Waals surface area (Å²) in [6.07, 6.45) is -3.83. The Bertz CT molecular complexity index is 400. The Labute approximate surface area is 108 Å². The average Bonchev–Trinajstić information content (AvgIpc) is 2.38. The standard InChI is InChI=1S/C12H14F2O5/c1-12(13,14)10(9(7-15)19-17)18-11(16)8-5-3-2-4-6-8/h2-6,9-10,15,17H,7H2,1H3/t9-,10?/m1/s1. The van der Waals surface area contributed by atoms with Gasteiger partial charge >= 0.3 is 5.97 Å². The molecule has 1 rings (SSSR count). The topological polar surface area (TPSA) is 76.0 Å². The second kappa shape index (κ2) is 6.55. The highest BCUT2D eigenvalue weighted by atomic mass is 19.3. The molecule has 19 heavy (non-hydrogen) atoms. The van der Waals surface area contributed by atoms with E-state index in [1.165, 1.54) is 12.1 Å². The van der Waals surface area contributed by atoms with E-state index in [0.29, 0.717) is 6.92 Å². The number of hydrogen-bond donors (Lipinski definition) is 2. The molecule has 0 saturated heterocycles. The molecule has 2 atom stereocenters. The van der Waals surface area contributed by atoms with Crippen LogP contribution in [0.3, 0.4) is 0 Å². The summed E-state index contributed by atoms with van der Waals surface area (Å²) in [5.41, 5.74) is 0.0754. The molecule has 106 valence electrons. The number of halogens is 2. The number of benzene rings is 1. The summed E-state index contributed by atoms with van der Waals surface area (Å²) < 4.78 is 31.2. The zero-order chi connectivity index (χ0) is 14.5. The van der Waals surface area contributed by atoms with Crippen LogP contribution >= 0.6 is 0 Å². The van der Waals surface area contributed by atoms with Gasteiger partial charge in [-0.1, -0.05) is 18.2 Å². The number of carbonyl (C=O) groups is 1. The fourth-order valence-corrected chi connectivity index (χ4v) is 1.45. The van der Waals surface area contributed by atoms with Gasteiger partial charge in [-0.2, -0.15) is 0 Å². The van der Waals surface area contributed by atoms with Crippen LogP contribution in [-0.4, -0.2) is 41.1 Å². The number of alkyl halides is 2. The number of aliphatic hydroxyl groups is 1. The summed E-state index contributed by atoms with van der Waals surface area (Å²) >= 11 is 0. The van der Waals surface area contributed by atoms with Gasteiger partial charge in [0.15, 0.2) is 12.2 Å². The van der Waals surface area contributed by atoms with Crippen LogP contribution in [0, 0.1) is 0 Å². The quantitative estimate of drug-likeness (QED) is 0.470. The molecule has 0 aliphatic rings. The molecule has 0 saturated carbocycles. The number of hydrogen-bond acceptors (Lipinski definition) is 5. The Morgan fingerprint density at radius 1 is 1.37 bits per heavy atom. The second-order valence-electron chi connectivity index (χ2n) is 3.97. The number of ether oxygens (including phenoxy) is 1. The van der Waals surface area contributed by atoms with E-state index in [2.05, 4.69) is 9.62 Å². The lowest BCUT2D eigenvalue weighted by molar-refractivity contribution is -0.319. The van der Waals surface area contributed by atoms with Crippen LogP contribution in [0.2, 0.25) is 0 Å². The van der Waals surface area contributed by atoms with Crippen LogP contribution < -0.4 is 0 Å². The van der Waals surface area contributed by atoms with Gasteiger partial charge in [-0.15, -0.1) is 0 Å². The van der Waals surface area contributed by atoms with E-state index in [0.717, 1.165) is 0 Å². The van der Waals surface area contributed by atoms with E-state index in [9.17, 15) is 13.6 Å². The smallest absolute Gasteiger partial charge is 0.338 e. The molecule has 0 aliphatic heterocycles. The highest BCUT2D eigenvalue weighted by Gasteiger charge is 2.44. The van der Waals surface area contributed by atoms with Gasteiger partial charge in [0, 0.05) is 6.92 Å². The summed E-state index contributed by atoms with van der Waals surface area (Å²) in [7, 11) is 0. The van der Waals surface area contributed by atoms with Crippen molar-refractivity contribution in [3.63, 3.8) is 0 Å². The van der Waals surface area contributed by atoms with Gasteiger partial charge in [-0.3, -0.25) is 5.26 Å². The number of esters is 1. The molecule has 0 aromatic heterocycles. The van der Waals surface area contributed by atoms with Crippen molar-refractivity contribution in [2.45, 2.75) is 25.1 Å². The van der Waals surface area contributed by atoms with Gasteiger partial charge in [-0.05, 0) is 12.1 Å². The van der Waals surface area contributed by atoms with E-state index in [-0.39, 0.29) is 5.56 Å². The normalized spacial score (nSPS) is 14.8. The summed E-state index contributed by atoms with van der Waals surface area (Å²) in [6, 6.07) is 7.52. The molecule has 7 heteroatoms. The third kappa shape index (κ3) is 4.23. The number of carbonyl (C=O) groups excluding carboxylic acids is 1. The molecule has 0 radical (unpaired) electrons. The van der Waals surface area contributed by atoms with E-state index in [1.54, 1.807) is 18.2 Å². The highest BCUT2D eigenvalue weighted by Crippen LogP contribution is 2.25. The van der Waals surface area contributed by atoms with Crippen LogP contribution in [0.5, 0.6) is 0 Å². The summed E-state index contributed by atoms with van der Waals surface area (Å²) in [5.74, 6) is -4.48. The molecule has 0 heterocycles. The highest BCUT2D eigenvalue weighted by molar-refractivity contribution is 5.89. The van der Waals surface area contributed by atoms with E-state index in [4.69, 9.17) is 10.4 Å². The molecule has 0 spiro atoms. The fraction of sp³-hybridized carbons (Fsp3) is 0.417. The minimum atomic E-state index is -3.49. The zero-order valence-corrected chi connectivity index (χ0v) is 10.1. The second-order valence-corrected chi connectivity index (χ2v) is 3.97. The van der Waals surface area contributed by atoms with Gasteiger partial charge in [0.1, 0.15) is 0 Å². The molecular weight excluding hydrogens is 262 g/mol. The first-order valence-corrected chi connectivity index (χ1v) is 5.45. The zero-order valence-electron chi connectivity index (χ0n) is 10.1. The molecule has 0 aliphatic carbocycles. The maximum absolute atomic E-state index is 13.3. The Kier molecular flexibility index (Phi) is 5.34. The molecule has 2 N–H and O–H groups in total. The van der Waals surface area contributed by atoms with Gasteiger partial charge < -0.3 is 9.84 Å². The molecule has 1 aromatic carbocycles. The Morgan fingerprint density at radius 2 is 1.95 bits per heavy atom. The molecule has 0 amide bonds. The summed E-state index contributed by atoms with van der Waals surface area (Å²) in [6.45, 7) is -0.426. The Morgan fingerprint density at radius 3 is 2.37 bits per heavy atom. The van der Waals surface area contributed by atoms with Gasteiger partial charge in [0.2, 0.25) is 0 Å². The van der Waals surface area contributed by atoms with Crippen molar-refractivity contribution in [3.05, 3.63) is 35.9 Å². The van der Waals surface area contributed by atoms with Crippen molar-refractivity contribution < 1.29 is 33.6 Å². The SMILES string of the molecule is CC(F)(F)C(OC(=O)c1ccccc1)[C@@H](CO)OO. The predicted molar refractivity (Wildman–Crippen MR) is 60.9 cm³/mol. The molecule has 1 aromatic rings. The Balaban J connectivity index is 2.87. The van der Waals surface area contributed by atoms with Crippen LogP contribution in [0.1, 0.15) is 17.3 Å². The lowest BCUT2D eigenvalue weighted by atomic mass is 10.1. The number of rotatable bonds is 6. The predicted octanol–water partition coefficient (Wildman–Crippen LogP) is 1.72. The maximum atomic E-state index is 13.3. The third-order valence-electron chi connectivity index (χ3n) is 2.40. The number of aliphatic hydroxyl groups excluding tert-OH is 1. The summed E-state index contributed by atoms with van der Waals surface area (Å²) in [4.78, 5) is 15.4. The average molecular weight is 276 g/mol.